The molecule has 5 nitrogen and oxygen atoms in total. The van der Waals surface area contributed by atoms with Crippen LogP contribution in [-0.2, 0) is 24.1 Å². The van der Waals surface area contributed by atoms with Crippen LogP contribution in [-0.4, -0.2) is 30.9 Å². The maximum Gasteiger partial charge on any atom is 0.251 e. The van der Waals surface area contributed by atoms with E-state index in [4.69, 9.17) is 0 Å². The van der Waals surface area contributed by atoms with Crippen LogP contribution in [0.15, 0.2) is 42.5 Å². The van der Waals surface area contributed by atoms with Crippen LogP contribution in [0.4, 0.5) is 5.69 Å². The van der Waals surface area contributed by atoms with Crippen molar-refractivity contribution in [1.29, 1.82) is 0 Å². The second-order valence-corrected chi connectivity index (χ2v) is 9.16. The van der Waals surface area contributed by atoms with Crippen LogP contribution < -0.4 is 16.0 Å². The molecule has 2 aromatic carbocycles. The van der Waals surface area contributed by atoms with E-state index in [-0.39, 0.29) is 18.2 Å². The summed E-state index contributed by atoms with van der Waals surface area (Å²) < 4.78 is 0. The molecule has 0 atom stereocenters. The summed E-state index contributed by atoms with van der Waals surface area (Å²) in [5, 5.41) is 9.60. The first-order valence-electron chi connectivity index (χ1n) is 12.2. The fourth-order valence-corrected chi connectivity index (χ4v) is 4.87. The largest absolute Gasteiger partial charge is 0.352 e. The number of aryl methyl sites for hydroxylation is 2. The van der Waals surface area contributed by atoms with Gasteiger partial charge in [-0.05, 0) is 86.0 Å². The summed E-state index contributed by atoms with van der Waals surface area (Å²) in [5.74, 6) is -0.141. The molecule has 0 bridgehead atoms. The molecule has 5 heteroatoms. The molecule has 3 N–H and O–H groups in total. The third-order valence-electron chi connectivity index (χ3n) is 6.61. The van der Waals surface area contributed by atoms with E-state index in [2.05, 4.69) is 28.1 Å². The number of benzene rings is 2. The summed E-state index contributed by atoms with van der Waals surface area (Å²) in [6.45, 7) is 1.59. The highest BCUT2D eigenvalue weighted by Crippen LogP contribution is 2.25. The van der Waals surface area contributed by atoms with Crippen molar-refractivity contribution in [3.63, 3.8) is 0 Å². The Bertz CT molecular complexity index is 934. The van der Waals surface area contributed by atoms with Crippen LogP contribution >= 0.6 is 0 Å². The highest BCUT2D eigenvalue weighted by molar-refractivity contribution is 5.95. The fraction of sp³-hybridized carbons (Fsp3) is 0.481. The minimum absolute atomic E-state index is 0.0608. The molecule has 1 saturated carbocycles. The highest BCUT2D eigenvalue weighted by Gasteiger charge is 2.14. The van der Waals surface area contributed by atoms with Crippen molar-refractivity contribution in [1.82, 2.24) is 10.6 Å². The number of rotatable bonds is 9. The van der Waals surface area contributed by atoms with E-state index in [0.717, 1.165) is 37.1 Å². The molecular weight excluding hydrogens is 398 g/mol. The maximum atomic E-state index is 12.5. The van der Waals surface area contributed by atoms with Gasteiger partial charge in [0.25, 0.3) is 5.91 Å². The second-order valence-electron chi connectivity index (χ2n) is 9.16. The lowest BCUT2D eigenvalue weighted by molar-refractivity contribution is -0.115. The predicted molar refractivity (Wildman–Crippen MR) is 129 cm³/mol. The Hall–Kier alpha value is -2.66. The van der Waals surface area contributed by atoms with Gasteiger partial charge in [-0.15, -0.1) is 0 Å². The molecule has 0 heterocycles. The molecule has 2 aromatic rings. The fourth-order valence-electron chi connectivity index (χ4n) is 4.87. The van der Waals surface area contributed by atoms with Crippen LogP contribution in [0.3, 0.4) is 0 Å². The van der Waals surface area contributed by atoms with Crippen molar-refractivity contribution in [2.75, 3.05) is 18.4 Å². The van der Waals surface area contributed by atoms with Gasteiger partial charge in [-0.2, -0.15) is 0 Å². The van der Waals surface area contributed by atoms with Crippen molar-refractivity contribution in [3.05, 3.63) is 64.7 Å². The summed E-state index contributed by atoms with van der Waals surface area (Å²) in [7, 11) is 0. The van der Waals surface area contributed by atoms with E-state index in [0.29, 0.717) is 18.2 Å². The van der Waals surface area contributed by atoms with E-state index in [9.17, 15) is 9.59 Å². The normalized spacial score (nSPS) is 15.9. The number of nitrogens with one attached hydrogen (secondary N) is 3. The quantitative estimate of drug-likeness (QED) is 0.514. The van der Waals surface area contributed by atoms with Crippen LogP contribution in [0.2, 0.25) is 0 Å². The van der Waals surface area contributed by atoms with Crippen molar-refractivity contribution < 1.29 is 9.59 Å². The molecule has 0 radical (unpaired) electrons. The highest BCUT2D eigenvalue weighted by atomic mass is 16.2. The first-order valence-corrected chi connectivity index (χ1v) is 12.2. The van der Waals surface area contributed by atoms with Gasteiger partial charge in [-0.1, -0.05) is 37.5 Å². The molecule has 2 amide bonds. The van der Waals surface area contributed by atoms with Gasteiger partial charge in [-0.25, -0.2) is 0 Å². The van der Waals surface area contributed by atoms with Gasteiger partial charge in [0.05, 0.1) is 6.42 Å². The van der Waals surface area contributed by atoms with E-state index >= 15 is 0 Å². The average molecular weight is 434 g/mol. The molecule has 1 fully saturated rings. The zero-order valence-corrected chi connectivity index (χ0v) is 18.9. The summed E-state index contributed by atoms with van der Waals surface area (Å²) >= 11 is 0. The Labute approximate surface area is 191 Å². The van der Waals surface area contributed by atoms with Gasteiger partial charge in [0, 0.05) is 23.8 Å². The SMILES string of the molecule is O=C(Cc1cccc(C(=O)NCCCNC2CCCCC2)c1)Nc1ccc2c(c1)CCC2. The second kappa shape index (κ2) is 11.3. The Morgan fingerprint density at radius 2 is 1.72 bits per heavy atom. The van der Waals surface area contributed by atoms with Crippen molar-refractivity contribution >= 4 is 17.5 Å². The number of fused-ring (bicyclic) bond motifs is 1. The average Bonchev–Trinajstić information content (AvgIpc) is 3.27. The first-order chi connectivity index (χ1) is 15.7. The lowest BCUT2D eigenvalue weighted by Crippen LogP contribution is -2.34. The maximum absolute atomic E-state index is 12.5. The minimum Gasteiger partial charge on any atom is -0.352 e. The van der Waals surface area contributed by atoms with Crippen LogP contribution in [0.25, 0.3) is 0 Å². The molecule has 2 aliphatic rings. The lowest BCUT2D eigenvalue weighted by atomic mass is 9.95. The zero-order chi connectivity index (χ0) is 22.2. The summed E-state index contributed by atoms with van der Waals surface area (Å²) in [6.07, 6.45) is 11.2. The Morgan fingerprint density at radius 1 is 0.875 bits per heavy atom. The Morgan fingerprint density at radius 3 is 2.59 bits per heavy atom. The van der Waals surface area contributed by atoms with E-state index in [1.165, 1.54) is 49.7 Å². The van der Waals surface area contributed by atoms with Crippen molar-refractivity contribution in [2.45, 2.75) is 70.3 Å². The molecule has 4 rings (SSSR count). The summed E-state index contributed by atoms with van der Waals surface area (Å²) in [5.41, 5.74) is 5.04. The monoisotopic (exact) mass is 433 g/mol. The molecule has 0 aromatic heterocycles. The molecule has 32 heavy (non-hydrogen) atoms. The molecule has 0 saturated heterocycles. The number of hydrogen-bond acceptors (Lipinski definition) is 3. The molecule has 0 aliphatic heterocycles. The number of anilines is 1. The summed E-state index contributed by atoms with van der Waals surface area (Å²) in [4.78, 5) is 25.0. The number of amides is 2. The van der Waals surface area contributed by atoms with Crippen molar-refractivity contribution in [3.8, 4) is 0 Å². The topological polar surface area (TPSA) is 70.2 Å². The number of carbonyl (C=O) groups is 2. The molecular formula is C27H35N3O2. The van der Waals surface area contributed by atoms with Gasteiger partial charge in [0.2, 0.25) is 5.91 Å². The van der Waals surface area contributed by atoms with Crippen LogP contribution in [0.5, 0.6) is 0 Å². The van der Waals surface area contributed by atoms with Crippen LogP contribution in [0, 0.1) is 0 Å². The molecule has 0 spiro atoms. The Kier molecular flexibility index (Phi) is 7.94. The minimum atomic E-state index is -0.0800. The molecule has 2 aliphatic carbocycles. The predicted octanol–water partition coefficient (Wildman–Crippen LogP) is 4.40. The summed E-state index contributed by atoms with van der Waals surface area (Å²) in [6, 6.07) is 14.2. The number of hydrogen-bond donors (Lipinski definition) is 3. The zero-order valence-electron chi connectivity index (χ0n) is 18.9. The van der Waals surface area contributed by atoms with Crippen LogP contribution in [0.1, 0.15) is 72.0 Å². The van der Waals surface area contributed by atoms with E-state index < -0.39 is 0 Å². The van der Waals surface area contributed by atoms with E-state index in [1.54, 1.807) is 6.07 Å². The van der Waals surface area contributed by atoms with E-state index in [1.807, 2.05) is 24.3 Å². The third-order valence-corrected chi connectivity index (χ3v) is 6.61. The third kappa shape index (κ3) is 6.42. The lowest BCUT2D eigenvalue weighted by Gasteiger charge is -2.22. The smallest absolute Gasteiger partial charge is 0.251 e. The van der Waals surface area contributed by atoms with Gasteiger partial charge in [-0.3, -0.25) is 9.59 Å². The van der Waals surface area contributed by atoms with Gasteiger partial charge >= 0.3 is 0 Å². The Balaban J connectivity index is 1.21. The number of carbonyl (C=O) groups excluding carboxylic acids is 2. The molecule has 170 valence electrons. The van der Waals surface area contributed by atoms with Crippen molar-refractivity contribution in [2.24, 2.45) is 0 Å². The van der Waals surface area contributed by atoms with Gasteiger partial charge in [0.1, 0.15) is 0 Å². The standard InChI is InChI=1S/C27H35N3O2/c31-26(30-25-14-13-21-8-5-9-22(21)19-25)18-20-7-4-10-23(17-20)27(32)29-16-6-15-28-24-11-2-1-3-12-24/h4,7,10,13-14,17,19,24,28H,1-3,5-6,8-9,11-12,15-16,18H2,(H,29,32)(H,30,31). The van der Waals surface area contributed by atoms with Gasteiger partial charge in [0.15, 0.2) is 0 Å². The molecule has 0 unspecified atom stereocenters. The first kappa shape index (κ1) is 22.5. The van der Waals surface area contributed by atoms with Gasteiger partial charge < -0.3 is 16.0 Å².